The van der Waals surface area contributed by atoms with Crippen molar-refractivity contribution < 1.29 is 17.6 Å². The second-order valence-electron chi connectivity index (χ2n) is 3.81. The highest BCUT2D eigenvalue weighted by Crippen LogP contribution is 2.24. The van der Waals surface area contributed by atoms with Crippen LogP contribution in [-0.2, 0) is 20.8 Å². The van der Waals surface area contributed by atoms with Crippen LogP contribution in [0.15, 0.2) is 23.1 Å². The van der Waals surface area contributed by atoms with E-state index in [4.69, 9.17) is 5.73 Å². The number of nitrogens with two attached hydrogens (primary N) is 1. The first-order chi connectivity index (χ1) is 9.27. The highest BCUT2D eigenvalue weighted by atomic mass is 32.2. The smallest absolute Gasteiger partial charge is 0.292 e. The van der Waals surface area contributed by atoms with Crippen LogP contribution < -0.4 is 10.5 Å². The van der Waals surface area contributed by atoms with Gasteiger partial charge in [-0.3, -0.25) is 14.3 Å². The van der Waals surface area contributed by atoms with Gasteiger partial charge in [-0.15, -0.1) is 0 Å². The van der Waals surface area contributed by atoms with Gasteiger partial charge in [-0.25, -0.2) is 13.1 Å². The zero-order chi connectivity index (χ0) is 15.3. The Morgan fingerprint density at radius 2 is 2.10 bits per heavy atom. The summed E-state index contributed by atoms with van der Waals surface area (Å²) in [5.74, 6) is 0.657. The van der Waals surface area contributed by atoms with E-state index in [1.165, 1.54) is 0 Å². The van der Waals surface area contributed by atoms with E-state index in [1.807, 2.05) is 0 Å². The van der Waals surface area contributed by atoms with Crippen molar-refractivity contribution in [3.63, 3.8) is 0 Å². The van der Waals surface area contributed by atoms with Gasteiger partial charge in [0.2, 0.25) is 10.0 Å². The van der Waals surface area contributed by atoms with E-state index < -0.39 is 25.7 Å². The van der Waals surface area contributed by atoms with E-state index in [-0.39, 0.29) is 28.6 Å². The molecule has 20 heavy (non-hydrogen) atoms. The molecule has 112 valence electrons. The first-order valence-corrected chi connectivity index (χ1v) is 8.63. The van der Waals surface area contributed by atoms with Gasteiger partial charge >= 0.3 is 0 Å². The van der Waals surface area contributed by atoms with Crippen molar-refractivity contribution in [2.75, 3.05) is 23.8 Å². The van der Waals surface area contributed by atoms with Crippen molar-refractivity contribution in [3.05, 3.63) is 28.3 Å². The molecular weight excluding hydrogens is 306 g/mol. The zero-order valence-electron chi connectivity index (χ0n) is 10.7. The Labute approximate surface area is 119 Å². The Bertz CT molecular complexity index is 630. The topological polar surface area (TPSA) is 132 Å². The standard InChI is InChI=1S/C10H15N3O5S2/c1-2-19(16)6-5-12-20(17,18)8-3-4-10(13(14)15)9(11)7-8/h3-4,7,12H,2,5-6,11H2,1H3. The Kier molecular flexibility index (Phi) is 5.60. The van der Waals surface area contributed by atoms with Crippen LogP contribution in [0, 0.1) is 10.1 Å². The number of nitrogen functional groups attached to an aromatic ring is 1. The van der Waals surface area contributed by atoms with Crippen LogP contribution in [0.2, 0.25) is 0 Å². The number of hydrogen-bond donors (Lipinski definition) is 2. The van der Waals surface area contributed by atoms with Crippen LogP contribution >= 0.6 is 0 Å². The predicted molar refractivity (Wildman–Crippen MR) is 76.2 cm³/mol. The highest BCUT2D eigenvalue weighted by Gasteiger charge is 2.18. The number of rotatable bonds is 7. The second kappa shape index (κ2) is 6.77. The molecule has 0 aliphatic rings. The number of sulfonamides is 1. The molecule has 1 unspecified atom stereocenters. The fourth-order valence-electron chi connectivity index (χ4n) is 1.38. The van der Waals surface area contributed by atoms with Gasteiger partial charge in [0, 0.05) is 34.9 Å². The molecule has 0 heterocycles. The monoisotopic (exact) mass is 321 g/mol. The average Bonchev–Trinajstić information content (AvgIpc) is 2.37. The first kappa shape index (κ1) is 16.5. The third kappa shape index (κ3) is 4.25. The van der Waals surface area contributed by atoms with Gasteiger partial charge < -0.3 is 5.73 Å². The largest absolute Gasteiger partial charge is 0.393 e. The van der Waals surface area contributed by atoms with E-state index in [2.05, 4.69) is 4.72 Å². The molecule has 1 rings (SSSR count). The van der Waals surface area contributed by atoms with Crippen LogP contribution in [0.4, 0.5) is 11.4 Å². The molecule has 0 aliphatic carbocycles. The number of anilines is 1. The Morgan fingerprint density at radius 3 is 2.60 bits per heavy atom. The maximum absolute atomic E-state index is 11.9. The van der Waals surface area contributed by atoms with Crippen molar-refractivity contribution in [2.24, 2.45) is 0 Å². The molecule has 0 amide bonds. The van der Waals surface area contributed by atoms with Crippen molar-refractivity contribution in [1.82, 2.24) is 4.72 Å². The third-order valence-corrected chi connectivity index (χ3v) is 5.21. The number of nitrogens with one attached hydrogen (secondary N) is 1. The number of nitro benzene ring substituents is 1. The lowest BCUT2D eigenvalue weighted by Crippen LogP contribution is -2.28. The molecule has 0 aliphatic heterocycles. The summed E-state index contributed by atoms with van der Waals surface area (Å²) >= 11 is 0. The van der Waals surface area contributed by atoms with Gasteiger partial charge in [0.25, 0.3) is 5.69 Å². The summed E-state index contributed by atoms with van der Waals surface area (Å²) in [5.41, 5.74) is 4.86. The molecule has 10 heteroatoms. The van der Waals surface area contributed by atoms with Crippen LogP contribution in [0.3, 0.4) is 0 Å². The van der Waals surface area contributed by atoms with Gasteiger partial charge in [-0.2, -0.15) is 0 Å². The summed E-state index contributed by atoms with van der Waals surface area (Å²) in [6.45, 7) is 1.77. The lowest BCUT2D eigenvalue weighted by molar-refractivity contribution is -0.383. The third-order valence-electron chi connectivity index (χ3n) is 2.45. The SMILES string of the molecule is CCS(=O)CCNS(=O)(=O)c1ccc([N+](=O)[O-])c(N)c1. The van der Waals surface area contributed by atoms with Gasteiger partial charge in [-0.1, -0.05) is 6.92 Å². The molecule has 0 spiro atoms. The molecule has 0 radical (unpaired) electrons. The van der Waals surface area contributed by atoms with Crippen molar-refractivity contribution in [1.29, 1.82) is 0 Å². The molecule has 0 fully saturated rings. The lowest BCUT2D eigenvalue weighted by Gasteiger charge is -2.07. The summed E-state index contributed by atoms with van der Waals surface area (Å²) in [7, 11) is -4.89. The normalized spacial score (nSPS) is 13.1. The minimum absolute atomic E-state index is 0.0275. The Balaban J connectivity index is 2.85. The fourth-order valence-corrected chi connectivity index (χ4v) is 3.20. The second-order valence-corrected chi connectivity index (χ2v) is 7.44. The number of nitro groups is 1. The molecule has 0 saturated carbocycles. The molecule has 0 aromatic heterocycles. The molecular formula is C10H15N3O5S2. The van der Waals surface area contributed by atoms with Crippen molar-refractivity contribution in [3.8, 4) is 0 Å². The molecule has 8 nitrogen and oxygen atoms in total. The lowest BCUT2D eigenvalue weighted by atomic mass is 10.3. The van der Waals surface area contributed by atoms with E-state index in [0.717, 1.165) is 18.2 Å². The average molecular weight is 321 g/mol. The molecule has 3 N–H and O–H groups in total. The molecule has 1 atom stereocenters. The van der Waals surface area contributed by atoms with Crippen molar-refractivity contribution >= 4 is 32.2 Å². The summed E-state index contributed by atoms with van der Waals surface area (Å²) in [4.78, 5) is 9.73. The van der Waals surface area contributed by atoms with E-state index in [9.17, 15) is 22.7 Å². The van der Waals surface area contributed by atoms with Crippen LogP contribution in [-0.4, -0.2) is 35.6 Å². The van der Waals surface area contributed by atoms with Gasteiger partial charge in [0.05, 0.1) is 9.82 Å². The minimum Gasteiger partial charge on any atom is -0.393 e. The maximum Gasteiger partial charge on any atom is 0.292 e. The van der Waals surface area contributed by atoms with Crippen LogP contribution in [0.5, 0.6) is 0 Å². The molecule has 0 bridgehead atoms. The van der Waals surface area contributed by atoms with Gasteiger partial charge in [0.1, 0.15) is 5.69 Å². The summed E-state index contributed by atoms with van der Waals surface area (Å²) in [6.07, 6.45) is 0. The summed E-state index contributed by atoms with van der Waals surface area (Å²) in [6, 6.07) is 3.17. The molecule has 0 saturated heterocycles. The van der Waals surface area contributed by atoms with Gasteiger partial charge in [0.15, 0.2) is 0 Å². The van der Waals surface area contributed by atoms with E-state index >= 15 is 0 Å². The fraction of sp³-hybridized carbons (Fsp3) is 0.400. The van der Waals surface area contributed by atoms with E-state index in [1.54, 1.807) is 6.92 Å². The van der Waals surface area contributed by atoms with Crippen molar-refractivity contribution in [2.45, 2.75) is 11.8 Å². The Morgan fingerprint density at radius 1 is 1.45 bits per heavy atom. The minimum atomic E-state index is -3.82. The predicted octanol–water partition coefficient (Wildman–Crippen LogP) is 0.224. The number of nitrogens with zero attached hydrogens (tertiary/aromatic N) is 1. The Hall–Kier alpha value is -1.52. The van der Waals surface area contributed by atoms with Crippen LogP contribution in [0.25, 0.3) is 0 Å². The zero-order valence-corrected chi connectivity index (χ0v) is 12.4. The number of benzene rings is 1. The molecule has 1 aromatic carbocycles. The first-order valence-electron chi connectivity index (χ1n) is 5.66. The number of hydrogen-bond acceptors (Lipinski definition) is 6. The quantitative estimate of drug-likeness (QED) is 0.419. The molecule has 1 aromatic rings. The van der Waals surface area contributed by atoms with Gasteiger partial charge in [-0.05, 0) is 12.1 Å². The highest BCUT2D eigenvalue weighted by molar-refractivity contribution is 7.89. The summed E-state index contributed by atoms with van der Waals surface area (Å²) in [5, 5.41) is 10.6. The van der Waals surface area contributed by atoms with Crippen LogP contribution in [0.1, 0.15) is 6.92 Å². The maximum atomic E-state index is 11.9. The van der Waals surface area contributed by atoms with E-state index in [0.29, 0.717) is 5.75 Å². The summed E-state index contributed by atoms with van der Waals surface area (Å²) < 4.78 is 37.3.